The normalized spacial score (nSPS) is 13.2. The smallest absolute Gasteiger partial charge is 0.231 e. The number of fused-ring (bicyclic) bond motifs is 1. The Kier molecular flexibility index (Phi) is 3.43. The first kappa shape index (κ1) is 12.4. The summed E-state index contributed by atoms with van der Waals surface area (Å²) in [5, 5.41) is 0. The fourth-order valence-electron chi connectivity index (χ4n) is 2.15. The quantitative estimate of drug-likeness (QED) is 0.857. The summed E-state index contributed by atoms with van der Waals surface area (Å²) in [5.74, 6) is 1.98. The van der Waals surface area contributed by atoms with Crippen LogP contribution in [0.2, 0.25) is 0 Å². The van der Waals surface area contributed by atoms with Crippen molar-refractivity contribution < 1.29 is 14.3 Å². The molecule has 1 aliphatic heterocycles. The van der Waals surface area contributed by atoms with Gasteiger partial charge < -0.3 is 9.47 Å². The molecule has 0 unspecified atom stereocenters. The Bertz CT molecular complexity index is 466. The van der Waals surface area contributed by atoms with Gasteiger partial charge in [0.1, 0.15) is 5.78 Å². The van der Waals surface area contributed by atoms with Crippen molar-refractivity contribution in [2.75, 3.05) is 6.79 Å². The first-order valence-corrected chi connectivity index (χ1v) is 6.40. The van der Waals surface area contributed by atoms with E-state index in [2.05, 4.69) is 29.8 Å². The highest BCUT2D eigenvalue weighted by atomic mass is 79.9. The highest BCUT2D eigenvalue weighted by Gasteiger charge is 2.26. The summed E-state index contributed by atoms with van der Waals surface area (Å²) >= 11 is 3.46. The molecule has 17 heavy (non-hydrogen) atoms. The van der Waals surface area contributed by atoms with E-state index in [-0.39, 0.29) is 12.6 Å². The molecule has 1 aliphatic rings. The number of ether oxygens (including phenoxy) is 2. The molecule has 0 fully saturated rings. The lowest BCUT2D eigenvalue weighted by Crippen LogP contribution is -2.04. The molecular weight excluding hydrogens is 284 g/mol. The Morgan fingerprint density at radius 1 is 1.41 bits per heavy atom. The molecule has 1 aromatic carbocycles. The van der Waals surface area contributed by atoms with Gasteiger partial charge in [-0.1, -0.05) is 13.8 Å². The van der Waals surface area contributed by atoms with Crippen molar-refractivity contribution in [3.8, 4) is 11.5 Å². The third-order valence-corrected chi connectivity index (χ3v) is 3.33. The summed E-state index contributed by atoms with van der Waals surface area (Å²) < 4.78 is 11.8. The minimum absolute atomic E-state index is 0.151. The second-order valence-electron chi connectivity index (χ2n) is 4.53. The van der Waals surface area contributed by atoms with Gasteiger partial charge in [0.2, 0.25) is 6.79 Å². The Hall–Kier alpha value is -1.03. The van der Waals surface area contributed by atoms with E-state index in [4.69, 9.17) is 9.47 Å². The van der Waals surface area contributed by atoms with Crippen LogP contribution in [0.5, 0.6) is 11.5 Å². The maximum atomic E-state index is 11.3. The lowest BCUT2D eigenvalue weighted by Gasteiger charge is -2.15. The summed E-state index contributed by atoms with van der Waals surface area (Å²) in [4.78, 5) is 11.3. The molecular formula is C13H15BrO3. The van der Waals surface area contributed by atoms with Gasteiger partial charge in [-0.15, -0.1) is 0 Å². The van der Waals surface area contributed by atoms with Crippen LogP contribution in [0.3, 0.4) is 0 Å². The zero-order valence-electron chi connectivity index (χ0n) is 10.2. The molecule has 0 bridgehead atoms. The van der Waals surface area contributed by atoms with Gasteiger partial charge in [-0.05, 0) is 40.4 Å². The average molecular weight is 299 g/mol. The van der Waals surface area contributed by atoms with E-state index >= 15 is 0 Å². The lowest BCUT2D eigenvalue weighted by atomic mass is 9.93. The van der Waals surface area contributed by atoms with Crippen molar-refractivity contribution in [2.24, 2.45) is 0 Å². The Morgan fingerprint density at radius 3 is 2.65 bits per heavy atom. The van der Waals surface area contributed by atoms with E-state index in [9.17, 15) is 4.79 Å². The molecule has 0 spiro atoms. The van der Waals surface area contributed by atoms with Gasteiger partial charge in [0.15, 0.2) is 11.5 Å². The third-order valence-electron chi connectivity index (χ3n) is 2.74. The largest absolute Gasteiger partial charge is 0.453 e. The SMILES string of the molecule is CC(=O)Cc1cc(Br)c2c(c1C(C)C)OCO2. The Morgan fingerprint density at radius 2 is 2.06 bits per heavy atom. The number of Topliss-reactive ketones (excluding diaryl/α,β-unsaturated/α-hetero) is 1. The third kappa shape index (κ3) is 2.32. The predicted molar refractivity (Wildman–Crippen MR) is 68.7 cm³/mol. The second-order valence-corrected chi connectivity index (χ2v) is 5.38. The number of halogens is 1. The van der Waals surface area contributed by atoms with E-state index in [1.54, 1.807) is 6.92 Å². The van der Waals surface area contributed by atoms with Crippen LogP contribution in [0.15, 0.2) is 10.5 Å². The topological polar surface area (TPSA) is 35.5 Å². The van der Waals surface area contributed by atoms with E-state index in [1.165, 1.54) is 0 Å². The molecule has 92 valence electrons. The standard InChI is InChI=1S/C13H15BrO3/c1-7(2)11-9(4-8(3)15)5-10(14)12-13(11)17-6-16-12/h5,7H,4,6H2,1-3H3. The molecule has 0 radical (unpaired) electrons. The number of carbonyl (C=O) groups is 1. The van der Waals surface area contributed by atoms with Crippen molar-refractivity contribution in [1.29, 1.82) is 0 Å². The molecule has 0 aromatic heterocycles. The summed E-state index contributed by atoms with van der Waals surface area (Å²) in [6.45, 7) is 6.03. The zero-order chi connectivity index (χ0) is 12.6. The highest BCUT2D eigenvalue weighted by molar-refractivity contribution is 9.10. The number of rotatable bonds is 3. The average Bonchev–Trinajstić information content (AvgIpc) is 2.64. The monoisotopic (exact) mass is 298 g/mol. The number of hydrogen-bond acceptors (Lipinski definition) is 3. The number of benzene rings is 1. The Balaban J connectivity index is 2.58. The fraction of sp³-hybridized carbons (Fsp3) is 0.462. The van der Waals surface area contributed by atoms with Gasteiger partial charge in [-0.3, -0.25) is 4.79 Å². The summed E-state index contributed by atoms with van der Waals surface area (Å²) in [6.07, 6.45) is 0.433. The van der Waals surface area contributed by atoms with Crippen molar-refractivity contribution >= 4 is 21.7 Å². The van der Waals surface area contributed by atoms with Gasteiger partial charge in [0, 0.05) is 12.0 Å². The molecule has 2 rings (SSSR count). The van der Waals surface area contributed by atoms with Crippen LogP contribution in [0.1, 0.15) is 37.8 Å². The molecule has 0 N–H and O–H groups in total. The zero-order valence-corrected chi connectivity index (χ0v) is 11.8. The summed E-state index contributed by atoms with van der Waals surface area (Å²) in [6, 6.07) is 1.96. The number of carbonyl (C=O) groups excluding carboxylic acids is 1. The van der Waals surface area contributed by atoms with Crippen LogP contribution < -0.4 is 9.47 Å². The van der Waals surface area contributed by atoms with Gasteiger partial charge in [0.25, 0.3) is 0 Å². The number of ketones is 1. The second kappa shape index (κ2) is 4.69. The molecule has 1 heterocycles. The van der Waals surface area contributed by atoms with E-state index < -0.39 is 0 Å². The van der Waals surface area contributed by atoms with E-state index in [0.29, 0.717) is 12.3 Å². The maximum Gasteiger partial charge on any atom is 0.231 e. The molecule has 3 nitrogen and oxygen atoms in total. The van der Waals surface area contributed by atoms with Gasteiger partial charge in [0.05, 0.1) is 4.47 Å². The minimum atomic E-state index is 0.151. The summed E-state index contributed by atoms with van der Waals surface area (Å²) in [5.41, 5.74) is 2.10. The van der Waals surface area contributed by atoms with Crippen LogP contribution in [0.25, 0.3) is 0 Å². The molecule has 0 saturated heterocycles. The summed E-state index contributed by atoms with van der Waals surface area (Å²) in [7, 11) is 0. The first-order chi connectivity index (χ1) is 8.00. The maximum absolute atomic E-state index is 11.3. The van der Waals surface area contributed by atoms with Crippen molar-refractivity contribution in [3.63, 3.8) is 0 Å². The Labute approximate surface area is 109 Å². The van der Waals surface area contributed by atoms with Gasteiger partial charge in [-0.25, -0.2) is 0 Å². The van der Waals surface area contributed by atoms with Crippen LogP contribution in [0, 0.1) is 0 Å². The van der Waals surface area contributed by atoms with E-state index in [0.717, 1.165) is 27.1 Å². The van der Waals surface area contributed by atoms with Crippen molar-refractivity contribution in [3.05, 3.63) is 21.7 Å². The van der Waals surface area contributed by atoms with Gasteiger partial charge >= 0.3 is 0 Å². The van der Waals surface area contributed by atoms with Crippen LogP contribution >= 0.6 is 15.9 Å². The van der Waals surface area contributed by atoms with Crippen molar-refractivity contribution in [2.45, 2.75) is 33.1 Å². The lowest BCUT2D eigenvalue weighted by molar-refractivity contribution is -0.116. The molecule has 1 aromatic rings. The fourth-order valence-corrected chi connectivity index (χ4v) is 2.72. The molecule has 0 atom stereocenters. The van der Waals surface area contributed by atoms with E-state index in [1.807, 2.05) is 6.07 Å². The van der Waals surface area contributed by atoms with Crippen LogP contribution in [0.4, 0.5) is 0 Å². The molecule has 0 saturated carbocycles. The molecule has 0 aliphatic carbocycles. The highest BCUT2D eigenvalue weighted by Crippen LogP contribution is 2.46. The predicted octanol–water partition coefficient (Wildman–Crippen LogP) is 3.43. The number of hydrogen-bond donors (Lipinski definition) is 0. The minimum Gasteiger partial charge on any atom is -0.453 e. The molecule has 0 amide bonds. The van der Waals surface area contributed by atoms with Crippen LogP contribution in [-0.2, 0) is 11.2 Å². The van der Waals surface area contributed by atoms with Crippen LogP contribution in [-0.4, -0.2) is 12.6 Å². The van der Waals surface area contributed by atoms with Gasteiger partial charge in [-0.2, -0.15) is 0 Å². The first-order valence-electron chi connectivity index (χ1n) is 5.61. The molecule has 4 heteroatoms. The van der Waals surface area contributed by atoms with Crippen molar-refractivity contribution in [1.82, 2.24) is 0 Å².